The fraction of sp³-hybridized carbons (Fsp3) is 0.200. The first-order valence-electron chi connectivity index (χ1n) is 2.10. The second-order valence-electron chi connectivity index (χ2n) is 1.43. The summed E-state index contributed by atoms with van der Waals surface area (Å²) in [5, 5.41) is 1.99. The lowest BCUT2D eigenvalue weighted by atomic mass is 9.98. The molecule has 0 aliphatic heterocycles. The number of hydrogen-bond donors (Lipinski definition) is 0. The average Bonchev–Trinajstić information content (AvgIpc) is 1.91. The second-order valence-corrected chi connectivity index (χ2v) is 2.55. The van der Waals surface area contributed by atoms with Gasteiger partial charge in [-0.05, 0) is 17.2 Å². The van der Waals surface area contributed by atoms with Crippen LogP contribution in [-0.4, -0.2) is 7.85 Å². The van der Waals surface area contributed by atoms with Crippen molar-refractivity contribution in [2.45, 2.75) is 6.92 Å². The summed E-state index contributed by atoms with van der Waals surface area (Å²) in [4.78, 5) is 1.21. The summed E-state index contributed by atoms with van der Waals surface area (Å²) in [5.41, 5.74) is 0.907. The maximum absolute atomic E-state index is 5.45. The maximum Gasteiger partial charge on any atom is 0.115 e. The first kappa shape index (κ1) is 4.91. The molecule has 0 amide bonds. The summed E-state index contributed by atoms with van der Waals surface area (Å²) in [6, 6.07) is 1.92. The minimum atomic E-state index is 0.907. The van der Waals surface area contributed by atoms with Crippen LogP contribution in [0.2, 0.25) is 0 Å². The van der Waals surface area contributed by atoms with Gasteiger partial charge in [-0.2, -0.15) is 0 Å². The lowest BCUT2D eigenvalue weighted by Gasteiger charge is -1.80. The normalized spacial score (nSPS) is 9.29. The molecule has 1 rings (SSSR count). The molecule has 2 radical (unpaired) electrons. The van der Waals surface area contributed by atoms with E-state index in [9.17, 15) is 0 Å². The quantitative estimate of drug-likeness (QED) is 0.432. The highest BCUT2D eigenvalue weighted by Crippen LogP contribution is 2.00. The van der Waals surface area contributed by atoms with Crippen LogP contribution >= 0.6 is 11.3 Å². The van der Waals surface area contributed by atoms with Gasteiger partial charge in [0.25, 0.3) is 0 Å². The minimum Gasteiger partial charge on any atom is -0.150 e. The Morgan fingerprint density at radius 3 is 2.57 bits per heavy atom. The summed E-state index contributed by atoms with van der Waals surface area (Å²) in [5.74, 6) is 0. The molecule has 0 aliphatic carbocycles. The van der Waals surface area contributed by atoms with E-state index in [-0.39, 0.29) is 0 Å². The van der Waals surface area contributed by atoms with Crippen LogP contribution in [0.25, 0.3) is 0 Å². The topological polar surface area (TPSA) is 0 Å². The van der Waals surface area contributed by atoms with Gasteiger partial charge >= 0.3 is 0 Å². The first-order valence-corrected chi connectivity index (χ1v) is 2.98. The Morgan fingerprint density at radius 2 is 2.43 bits per heavy atom. The number of hydrogen-bond acceptors (Lipinski definition) is 1. The van der Waals surface area contributed by atoms with Gasteiger partial charge in [-0.3, -0.25) is 0 Å². The Hall–Kier alpha value is -0.235. The van der Waals surface area contributed by atoms with E-state index in [1.807, 2.05) is 18.4 Å². The minimum absolute atomic E-state index is 0.907. The predicted molar refractivity (Wildman–Crippen MR) is 34.4 cm³/mol. The molecule has 0 N–H and O–H groups in total. The van der Waals surface area contributed by atoms with Gasteiger partial charge in [0, 0.05) is 0 Å². The molecule has 0 fully saturated rings. The van der Waals surface area contributed by atoms with Crippen molar-refractivity contribution in [1.82, 2.24) is 0 Å². The van der Waals surface area contributed by atoms with Gasteiger partial charge in [-0.15, -0.1) is 11.3 Å². The standard InChI is InChI=1S/C5H5BS/c1-4-5(6)2-3-7-4/h2-3H,1H3. The zero-order valence-corrected chi connectivity index (χ0v) is 4.96. The number of thiophene rings is 1. The molecule has 1 aromatic rings. The fourth-order valence-corrected chi connectivity index (χ4v) is 1.02. The van der Waals surface area contributed by atoms with Gasteiger partial charge in [0.1, 0.15) is 7.85 Å². The maximum atomic E-state index is 5.45. The van der Waals surface area contributed by atoms with E-state index in [1.165, 1.54) is 4.88 Å². The van der Waals surface area contributed by atoms with Crippen molar-refractivity contribution < 1.29 is 0 Å². The molecule has 2 heteroatoms. The number of aryl methyl sites for hydroxylation is 1. The van der Waals surface area contributed by atoms with E-state index in [2.05, 4.69) is 0 Å². The summed E-state index contributed by atoms with van der Waals surface area (Å²) >= 11 is 1.68. The Labute approximate surface area is 48.6 Å². The predicted octanol–water partition coefficient (Wildman–Crippen LogP) is 0.850. The third-order valence-corrected chi connectivity index (χ3v) is 1.76. The van der Waals surface area contributed by atoms with Crippen LogP contribution in [0.1, 0.15) is 4.88 Å². The van der Waals surface area contributed by atoms with Crippen LogP contribution in [0.4, 0.5) is 0 Å². The van der Waals surface area contributed by atoms with E-state index in [1.54, 1.807) is 11.3 Å². The fourth-order valence-electron chi connectivity index (χ4n) is 0.395. The van der Waals surface area contributed by atoms with Crippen LogP contribution in [0.3, 0.4) is 0 Å². The van der Waals surface area contributed by atoms with Crippen molar-refractivity contribution in [3.8, 4) is 0 Å². The van der Waals surface area contributed by atoms with E-state index >= 15 is 0 Å². The van der Waals surface area contributed by atoms with Gasteiger partial charge in [-0.1, -0.05) is 11.5 Å². The summed E-state index contributed by atoms with van der Waals surface area (Å²) < 4.78 is 0. The Balaban J connectivity index is 3.12. The molecule has 0 spiro atoms. The summed E-state index contributed by atoms with van der Waals surface area (Å²) in [6.45, 7) is 2.01. The monoisotopic (exact) mass is 108 g/mol. The van der Waals surface area contributed by atoms with Crippen molar-refractivity contribution in [2.24, 2.45) is 0 Å². The van der Waals surface area contributed by atoms with E-state index < -0.39 is 0 Å². The van der Waals surface area contributed by atoms with Gasteiger partial charge in [-0.25, -0.2) is 0 Å². The lowest BCUT2D eigenvalue weighted by Crippen LogP contribution is -1.98. The molecule has 0 unspecified atom stereocenters. The molecule has 34 valence electrons. The summed E-state index contributed by atoms with van der Waals surface area (Å²) in [6.07, 6.45) is 0. The van der Waals surface area contributed by atoms with Gasteiger partial charge in [0.2, 0.25) is 0 Å². The molecule has 0 saturated carbocycles. The molecular formula is C5H5BS. The first-order chi connectivity index (χ1) is 3.30. The Bertz CT molecular complexity index is 140. The highest BCUT2D eigenvalue weighted by molar-refractivity contribution is 7.10. The third kappa shape index (κ3) is 0.857. The molecule has 1 aromatic heterocycles. The number of rotatable bonds is 0. The molecule has 0 bridgehead atoms. The summed E-state index contributed by atoms with van der Waals surface area (Å²) in [7, 11) is 5.45. The smallest absolute Gasteiger partial charge is 0.115 e. The largest absolute Gasteiger partial charge is 0.150 e. The van der Waals surface area contributed by atoms with Crippen molar-refractivity contribution in [1.29, 1.82) is 0 Å². The molecule has 0 saturated heterocycles. The van der Waals surface area contributed by atoms with Crippen LogP contribution in [-0.2, 0) is 0 Å². The molecule has 0 nitrogen and oxygen atoms in total. The zero-order chi connectivity index (χ0) is 5.28. The Kier molecular flexibility index (Phi) is 1.20. The molecule has 0 aliphatic rings. The van der Waals surface area contributed by atoms with Gasteiger partial charge in [0.05, 0.1) is 0 Å². The third-order valence-electron chi connectivity index (χ3n) is 0.899. The van der Waals surface area contributed by atoms with Crippen LogP contribution in [0.15, 0.2) is 11.4 Å². The highest BCUT2D eigenvalue weighted by Gasteiger charge is 1.86. The van der Waals surface area contributed by atoms with Crippen molar-refractivity contribution >= 4 is 24.6 Å². The van der Waals surface area contributed by atoms with E-state index in [4.69, 9.17) is 7.85 Å². The van der Waals surface area contributed by atoms with Crippen LogP contribution in [0, 0.1) is 6.92 Å². The Morgan fingerprint density at radius 1 is 1.71 bits per heavy atom. The van der Waals surface area contributed by atoms with Crippen molar-refractivity contribution in [3.05, 3.63) is 16.3 Å². The van der Waals surface area contributed by atoms with Crippen LogP contribution in [0.5, 0.6) is 0 Å². The van der Waals surface area contributed by atoms with Gasteiger partial charge < -0.3 is 0 Å². The van der Waals surface area contributed by atoms with E-state index in [0.29, 0.717) is 0 Å². The van der Waals surface area contributed by atoms with Crippen LogP contribution < -0.4 is 5.46 Å². The second kappa shape index (κ2) is 1.70. The molecule has 1 heterocycles. The molecule has 7 heavy (non-hydrogen) atoms. The van der Waals surface area contributed by atoms with E-state index in [0.717, 1.165) is 5.46 Å². The van der Waals surface area contributed by atoms with Crippen molar-refractivity contribution in [2.75, 3.05) is 0 Å². The van der Waals surface area contributed by atoms with Crippen molar-refractivity contribution in [3.63, 3.8) is 0 Å². The highest BCUT2D eigenvalue weighted by atomic mass is 32.1. The zero-order valence-electron chi connectivity index (χ0n) is 4.14. The molecular weight excluding hydrogens is 103 g/mol. The SMILES string of the molecule is [B]c1ccsc1C. The average molecular weight is 108 g/mol. The van der Waals surface area contributed by atoms with Gasteiger partial charge in [0.15, 0.2) is 0 Å². The molecule has 0 aromatic carbocycles. The molecule has 0 atom stereocenters. The lowest BCUT2D eigenvalue weighted by molar-refractivity contribution is 1.69.